The summed E-state index contributed by atoms with van der Waals surface area (Å²) in [6, 6.07) is 20.6. The number of benzene rings is 3. The first-order valence-corrected chi connectivity index (χ1v) is 10.5. The molecule has 0 aliphatic rings. The van der Waals surface area contributed by atoms with Crippen molar-refractivity contribution in [2.75, 3.05) is 16.4 Å². The number of hydrogen-bond acceptors (Lipinski definition) is 5. The molecule has 32 heavy (non-hydrogen) atoms. The van der Waals surface area contributed by atoms with E-state index in [4.69, 9.17) is 10.5 Å². The molecule has 0 heterocycles. The minimum absolute atomic E-state index is 0.0272. The highest BCUT2D eigenvalue weighted by Gasteiger charge is 2.20. The average Bonchev–Trinajstić information content (AvgIpc) is 2.77. The fourth-order valence-electron chi connectivity index (χ4n) is 2.90. The molecule has 0 bridgehead atoms. The molecule has 8 heteroatoms. The molecule has 0 aliphatic carbocycles. The van der Waals surface area contributed by atoms with Gasteiger partial charge in [0.2, 0.25) is 5.91 Å². The fourth-order valence-corrected chi connectivity index (χ4v) is 3.28. The number of hydrogen-bond donors (Lipinski definition) is 4. The minimum Gasteiger partial charge on any atom is -0.508 e. The summed E-state index contributed by atoms with van der Waals surface area (Å²) >= 11 is 3.36. The Balaban J connectivity index is 1.71. The van der Waals surface area contributed by atoms with E-state index in [1.165, 1.54) is 12.1 Å². The summed E-state index contributed by atoms with van der Waals surface area (Å²) in [6.07, 6.45) is 1.53. The number of nitrogen functional groups attached to an aromatic ring is 1. The van der Waals surface area contributed by atoms with E-state index in [1.54, 1.807) is 66.7 Å². The van der Waals surface area contributed by atoms with E-state index in [2.05, 4.69) is 26.6 Å². The van der Waals surface area contributed by atoms with Crippen LogP contribution in [0.4, 0.5) is 21.9 Å². The first-order chi connectivity index (χ1) is 15.4. The van der Waals surface area contributed by atoms with Gasteiger partial charge >= 0.3 is 6.09 Å². The van der Waals surface area contributed by atoms with E-state index in [1.807, 2.05) is 6.07 Å². The lowest BCUT2D eigenvalue weighted by Crippen LogP contribution is -2.17. The number of phenols is 1. The maximum Gasteiger partial charge on any atom is 0.412 e. The van der Waals surface area contributed by atoms with Gasteiger partial charge in [0.25, 0.3) is 0 Å². The summed E-state index contributed by atoms with van der Waals surface area (Å²) < 4.78 is 6.27. The molecule has 0 spiro atoms. The monoisotopic (exact) mass is 495 g/mol. The Labute approximate surface area is 194 Å². The van der Waals surface area contributed by atoms with Gasteiger partial charge in [-0.25, -0.2) is 4.79 Å². The molecule has 0 aromatic heterocycles. The SMILES string of the molecule is Nc1ccccc1NC(=O)/C=C/C[C@H](OC(=O)Nc1ccccc1)c1cc(Br)ccc1O. The van der Waals surface area contributed by atoms with Crippen LogP contribution in [0.15, 0.2) is 89.4 Å². The van der Waals surface area contributed by atoms with Crippen LogP contribution in [-0.4, -0.2) is 17.1 Å². The zero-order valence-electron chi connectivity index (χ0n) is 17.0. The van der Waals surface area contributed by atoms with Gasteiger partial charge in [0.15, 0.2) is 0 Å². The fraction of sp³-hybridized carbons (Fsp3) is 0.0833. The molecule has 0 radical (unpaired) electrons. The van der Waals surface area contributed by atoms with Crippen molar-refractivity contribution in [3.8, 4) is 5.75 Å². The summed E-state index contributed by atoms with van der Waals surface area (Å²) in [4.78, 5) is 24.7. The number of halogens is 1. The number of carbonyl (C=O) groups excluding carboxylic acids is 2. The predicted octanol–water partition coefficient (Wildman–Crippen LogP) is 5.61. The Morgan fingerprint density at radius 1 is 1.03 bits per heavy atom. The predicted molar refractivity (Wildman–Crippen MR) is 128 cm³/mol. The molecular weight excluding hydrogens is 474 g/mol. The lowest BCUT2D eigenvalue weighted by atomic mass is 10.0. The van der Waals surface area contributed by atoms with E-state index in [0.717, 1.165) is 0 Å². The van der Waals surface area contributed by atoms with Gasteiger partial charge < -0.3 is 20.9 Å². The van der Waals surface area contributed by atoms with Crippen molar-refractivity contribution < 1.29 is 19.4 Å². The van der Waals surface area contributed by atoms with Gasteiger partial charge in [-0.15, -0.1) is 0 Å². The van der Waals surface area contributed by atoms with E-state index in [9.17, 15) is 14.7 Å². The number of amides is 2. The number of para-hydroxylation sites is 3. The molecule has 0 unspecified atom stereocenters. The lowest BCUT2D eigenvalue weighted by molar-refractivity contribution is -0.111. The highest BCUT2D eigenvalue weighted by Crippen LogP contribution is 2.32. The van der Waals surface area contributed by atoms with Crippen LogP contribution in [-0.2, 0) is 9.53 Å². The second-order valence-corrected chi connectivity index (χ2v) is 7.72. The number of aromatic hydroxyl groups is 1. The Hall–Kier alpha value is -3.78. The van der Waals surface area contributed by atoms with Gasteiger partial charge in [-0.1, -0.05) is 52.3 Å². The Morgan fingerprint density at radius 2 is 1.75 bits per heavy atom. The van der Waals surface area contributed by atoms with Gasteiger partial charge in [0, 0.05) is 22.1 Å². The van der Waals surface area contributed by atoms with Gasteiger partial charge in [-0.2, -0.15) is 0 Å². The first-order valence-electron chi connectivity index (χ1n) is 9.75. The largest absolute Gasteiger partial charge is 0.508 e. The summed E-state index contributed by atoms with van der Waals surface area (Å²) in [5, 5.41) is 15.6. The van der Waals surface area contributed by atoms with Crippen LogP contribution in [0.5, 0.6) is 5.75 Å². The summed E-state index contributed by atoms with van der Waals surface area (Å²) in [6.45, 7) is 0. The van der Waals surface area contributed by atoms with Crippen LogP contribution in [0.2, 0.25) is 0 Å². The van der Waals surface area contributed by atoms with E-state index in [-0.39, 0.29) is 18.1 Å². The van der Waals surface area contributed by atoms with Crippen molar-refractivity contribution in [1.82, 2.24) is 0 Å². The minimum atomic E-state index is -0.831. The van der Waals surface area contributed by atoms with Crippen molar-refractivity contribution in [2.24, 2.45) is 0 Å². The standard InChI is InChI=1S/C24H22BrN3O4/c25-16-13-14-21(29)18(15-16)22(32-24(31)27-17-7-2-1-3-8-17)11-6-12-23(30)28-20-10-5-4-9-19(20)26/h1-10,12-15,22,29H,11,26H2,(H,27,31)(H,28,30)/b12-6+/t22-/m0/s1. The van der Waals surface area contributed by atoms with Gasteiger partial charge in [-0.3, -0.25) is 10.1 Å². The van der Waals surface area contributed by atoms with Gasteiger partial charge in [0.05, 0.1) is 11.4 Å². The highest BCUT2D eigenvalue weighted by atomic mass is 79.9. The third kappa shape index (κ3) is 6.61. The summed E-state index contributed by atoms with van der Waals surface area (Å²) in [5.74, 6) is -0.408. The summed E-state index contributed by atoms with van der Waals surface area (Å²) in [5.41, 5.74) is 7.76. The first kappa shape index (κ1) is 22.9. The molecular formula is C24H22BrN3O4. The second kappa shape index (κ2) is 11.0. The van der Waals surface area contributed by atoms with Crippen LogP contribution in [0.25, 0.3) is 0 Å². The normalized spacial score (nSPS) is 11.7. The highest BCUT2D eigenvalue weighted by molar-refractivity contribution is 9.10. The van der Waals surface area contributed by atoms with Crippen LogP contribution in [0.3, 0.4) is 0 Å². The number of anilines is 3. The van der Waals surface area contributed by atoms with Crippen LogP contribution >= 0.6 is 15.9 Å². The number of phenolic OH excluding ortho intramolecular Hbond substituents is 1. The third-order valence-corrected chi connectivity index (χ3v) is 4.94. The van der Waals surface area contributed by atoms with Crippen molar-refractivity contribution in [3.63, 3.8) is 0 Å². The maximum absolute atomic E-state index is 12.4. The Bertz CT molecular complexity index is 1120. The van der Waals surface area contributed by atoms with E-state index >= 15 is 0 Å². The van der Waals surface area contributed by atoms with E-state index < -0.39 is 12.2 Å². The number of ether oxygens (including phenoxy) is 1. The molecule has 0 saturated carbocycles. The van der Waals surface area contributed by atoms with Crippen LogP contribution in [0.1, 0.15) is 18.1 Å². The van der Waals surface area contributed by atoms with Crippen LogP contribution < -0.4 is 16.4 Å². The topological polar surface area (TPSA) is 114 Å². The molecule has 0 fully saturated rings. The van der Waals surface area contributed by atoms with Gasteiger partial charge in [-0.05, 0) is 48.5 Å². The summed E-state index contributed by atoms with van der Waals surface area (Å²) in [7, 11) is 0. The molecule has 7 nitrogen and oxygen atoms in total. The Kier molecular flexibility index (Phi) is 7.88. The zero-order valence-corrected chi connectivity index (χ0v) is 18.6. The molecule has 3 aromatic carbocycles. The van der Waals surface area contributed by atoms with Crippen molar-refractivity contribution in [3.05, 3.63) is 95.0 Å². The molecule has 3 rings (SSSR count). The quantitative estimate of drug-likeness (QED) is 0.251. The second-order valence-electron chi connectivity index (χ2n) is 6.80. The van der Waals surface area contributed by atoms with Crippen LogP contribution in [0, 0.1) is 0 Å². The maximum atomic E-state index is 12.4. The zero-order chi connectivity index (χ0) is 22.9. The smallest absolute Gasteiger partial charge is 0.412 e. The number of nitrogens with one attached hydrogen (secondary N) is 2. The van der Waals surface area contributed by atoms with E-state index in [0.29, 0.717) is 27.1 Å². The number of rotatable bonds is 7. The van der Waals surface area contributed by atoms with Gasteiger partial charge in [0.1, 0.15) is 11.9 Å². The molecule has 2 amide bonds. The molecule has 164 valence electrons. The molecule has 0 aliphatic heterocycles. The lowest BCUT2D eigenvalue weighted by Gasteiger charge is -2.19. The average molecular weight is 496 g/mol. The van der Waals surface area contributed by atoms with Crippen molar-refractivity contribution in [1.29, 1.82) is 0 Å². The number of nitrogens with two attached hydrogens (primary N) is 1. The molecule has 5 N–H and O–H groups in total. The third-order valence-electron chi connectivity index (χ3n) is 4.44. The molecule has 3 aromatic rings. The Morgan fingerprint density at radius 3 is 2.50 bits per heavy atom. The van der Waals surface area contributed by atoms with Crippen molar-refractivity contribution >= 4 is 45.0 Å². The molecule has 1 atom stereocenters. The molecule has 0 saturated heterocycles. The number of carbonyl (C=O) groups is 2. The van der Waals surface area contributed by atoms with Crippen molar-refractivity contribution in [2.45, 2.75) is 12.5 Å².